The Bertz CT molecular complexity index is 1930. The van der Waals surface area contributed by atoms with Crippen LogP contribution in [0.15, 0.2) is 82.4 Å². The van der Waals surface area contributed by atoms with Crippen LogP contribution in [0.5, 0.6) is 0 Å². The number of nitrogens with zero attached hydrogens (tertiary/aromatic N) is 3. The minimum atomic E-state index is -4.88. The maximum atomic E-state index is 15.0. The van der Waals surface area contributed by atoms with E-state index in [0.717, 1.165) is 32.9 Å². The average Bonchev–Trinajstić information content (AvgIpc) is 3.41. The molecule has 4 N–H and O–H groups in total. The Morgan fingerprint density at radius 1 is 0.936 bits per heavy atom. The smallest absolute Gasteiger partial charge is 0.366 e. The molecule has 1 aromatic heterocycles. The monoisotopic (exact) mass is 651 g/mol. The summed E-state index contributed by atoms with van der Waals surface area (Å²) in [6, 6.07) is 17.6. The fraction of sp³-hybridized carbons (Fsp3) is 0.324. The van der Waals surface area contributed by atoms with Crippen molar-refractivity contribution in [1.29, 1.82) is 0 Å². The zero-order valence-corrected chi connectivity index (χ0v) is 25.3. The quantitative estimate of drug-likeness (QED) is 0.277. The van der Waals surface area contributed by atoms with Crippen molar-refractivity contribution in [3.05, 3.63) is 139 Å². The number of alkyl halides is 3. The molecule has 9 nitrogen and oxygen atoms in total. The van der Waals surface area contributed by atoms with E-state index in [9.17, 15) is 27.6 Å². The molecule has 1 atom stereocenters. The molecule has 1 spiro atoms. The van der Waals surface area contributed by atoms with E-state index in [2.05, 4.69) is 4.90 Å². The van der Waals surface area contributed by atoms with Gasteiger partial charge in [0.1, 0.15) is 11.4 Å². The molecular weight excluding hydrogens is 618 g/mol. The first kappa shape index (κ1) is 32.4. The average molecular weight is 652 g/mol. The number of aromatic nitrogens is 2. The topological polar surface area (TPSA) is 126 Å². The molecule has 13 heteroatoms. The van der Waals surface area contributed by atoms with Gasteiger partial charge in [0.15, 0.2) is 0 Å². The van der Waals surface area contributed by atoms with Gasteiger partial charge in [0.05, 0.1) is 36.5 Å². The summed E-state index contributed by atoms with van der Waals surface area (Å²) < 4.78 is 65.2. The van der Waals surface area contributed by atoms with Crippen LogP contribution in [0.1, 0.15) is 62.8 Å². The van der Waals surface area contributed by atoms with E-state index < -0.39 is 58.5 Å². The fourth-order valence-electron chi connectivity index (χ4n) is 6.65. The van der Waals surface area contributed by atoms with Gasteiger partial charge in [0, 0.05) is 36.8 Å². The Kier molecular flexibility index (Phi) is 8.64. The van der Waals surface area contributed by atoms with Crippen molar-refractivity contribution in [3.63, 3.8) is 0 Å². The Morgan fingerprint density at radius 3 is 2.32 bits per heavy atom. The summed E-state index contributed by atoms with van der Waals surface area (Å²) >= 11 is 0. The number of likely N-dealkylation sites (tertiary alicyclic amines) is 1. The highest BCUT2D eigenvalue weighted by atomic mass is 19.4. The predicted octanol–water partition coefficient (Wildman–Crippen LogP) is 4.04. The molecule has 3 heterocycles. The molecule has 4 aromatic rings. The Morgan fingerprint density at radius 2 is 1.64 bits per heavy atom. The van der Waals surface area contributed by atoms with Gasteiger partial charge in [-0.3, -0.25) is 23.6 Å². The van der Waals surface area contributed by atoms with Crippen molar-refractivity contribution in [3.8, 4) is 0 Å². The molecule has 0 radical (unpaired) electrons. The van der Waals surface area contributed by atoms with Gasteiger partial charge >= 0.3 is 11.9 Å². The zero-order valence-electron chi connectivity index (χ0n) is 25.3. The highest BCUT2D eigenvalue weighted by Gasteiger charge is 2.47. The SMILES string of the molecule is NC(=O)c1cccc(CN2CCC3(CC2)OCc2c3c(=O)n(CC(N)c3ccccc3)c(=O)n2Cc2c(F)cccc2C(F)(F)F)c1. The minimum Gasteiger partial charge on any atom is -0.366 e. The number of carbonyl (C=O) groups excluding carboxylic acids is 1. The van der Waals surface area contributed by atoms with E-state index in [1.807, 2.05) is 6.07 Å². The first-order valence-electron chi connectivity index (χ1n) is 15.1. The van der Waals surface area contributed by atoms with Gasteiger partial charge in [-0.15, -0.1) is 0 Å². The molecule has 246 valence electrons. The molecule has 1 unspecified atom stereocenters. The summed E-state index contributed by atoms with van der Waals surface area (Å²) in [6.45, 7) is 0.249. The fourth-order valence-corrected chi connectivity index (χ4v) is 6.65. The number of primary amides is 1. The summed E-state index contributed by atoms with van der Waals surface area (Å²) in [5, 5.41) is 0. The molecule has 2 aliphatic heterocycles. The highest BCUT2D eigenvalue weighted by Crippen LogP contribution is 2.43. The Labute approximate surface area is 267 Å². The minimum absolute atomic E-state index is 0.128. The third-order valence-electron chi connectivity index (χ3n) is 9.10. The van der Waals surface area contributed by atoms with Crippen molar-refractivity contribution in [2.45, 2.75) is 56.9 Å². The second-order valence-electron chi connectivity index (χ2n) is 12.0. The predicted molar refractivity (Wildman–Crippen MR) is 165 cm³/mol. The van der Waals surface area contributed by atoms with Crippen molar-refractivity contribution >= 4 is 5.91 Å². The maximum Gasteiger partial charge on any atom is 0.416 e. The second kappa shape index (κ2) is 12.5. The van der Waals surface area contributed by atoms with Gasteiger partial charge in [0.25, 0.3) is 5.56 Å². The lowest BCUT2D eigenvalue weighted by Crippen LogP contribution is -2.49. The van der Waals surface area contributed by atoms with E-state index >= 15 is 4.39 Å². The number of nitrogens with two attached hydrogens (primary N) is 2. The number of hydrogen-bond acceptors (Lipinski definition) is 6. The Hall–Kier alpha value is -4.59. The number of ether oxygens (including phenoxy) is 1. The van der Waals surface area contributed by atoms with Crippen LogP contribution in [-0.4, -0.2) is 33.0 Å². The van der Waals surface area contributed by atoms with Gasteiger partial charge in [-0.25, -0.2) is 9.18 Å². The number of piperidine rings is 1. The molecular formula is C34H33F4N5O4. The largest absolute Gasteiger partial charge is 0.416 e. The first-order chi connectivity index (χ1) is 22.4. The van der Waals surface area contributed by atoms with Crippen LogP contribution in [0.2, 0.25) is 0 Å². The summed E-state index contributed by atoms with van der Waals surface area (Å²) in [7, 11) is 0. The molecule has 3 aromatic carbocycles. The third-order valence-corrected chi connectivity index (χ3v) is 9.10. The second-order valence-corrected chi connectivity index (χ2v) is 12.0. The molecule has 1 saturated heterocycles. The molecule has 0 aliphatic carbocycles. The van der Waals surface area contributed by atoms with Crippen LogP contribution in [0.4, 0.5) is 17.6 Å². The van der Waals surface area contributed by atoms with Gasteiger partial charge < -0.3 is 16.2 Å². The number of hydrogen-bond donors (Lipinski definition) is 2. The maximum absolute atomic E-state index is 15.0. The standard InChI is InChI=1S/C34H33F4N5O4/c35-26-11-5-10-25(34(36,37)38)24(26)18-42-28-20-47-33(12-14-41(15-13-33)17-21-6-4-9-23(16-21)30(40)44)29(28)31(45)43(32(42)46)19-27(39)22-7-2-1-3-8-22/h1-11,16,27H,12-15,17-20,39H2,(H2,40,44). The van der Waals surface area contributed by atoms with Crippen molar-refractivity contribution < 1.29 is 27.1 Å². The zero-order chi connectivity index (χ0) is 33.5. The van der Waals surface area contributed by atoms with Crippen molar-refractivity contribution in [2.75, 3.05) is 13.1 Å². The van der Waals surface area contributed by atoms with Gasteiger partial charge in [0.2, 0.25) is 5.91 Å². The van der Waals surface area contributed by atoms with Crippen LogP contribution < -0.4 is 22.7 Å². The molecule has 0 saturated carbocycles. The van der Waals surface area contributed by atoms with E-state index in [1.165, 1.54) is 0 Å². The molecule has 6 rings (SSSR count). The summed E-state index contributed by atoms with van der Waals surface area (Å²) in [4.78, 5) is 41.9. The lowest BCUT2D eigenvalue weighted by molar-refractivity contribution is -0.138. The Balaban J connectivity index is 1.39. The molecule has 2 aliphatic rings. The summed E-state index contributed by atoms with van der Waals surface area (Å²) in [6.07, 6.45) is -4.18. The lowest BCUT2D eigenvalue weighted by atomic mass is 9.85. The normalized spacial score (nSPS) is 16.7. The van der Waals surface area contributed by atoms with Gasteiger partial charge in [-0.1, -0.05) is 48.5 Å². The lowest BCUT2D eigenvalue weighted by Gasteiger charge is -2.39. The van der Waals surface area contributed by atoms with E-state index in [-0.39, 0.29) is 24.4 Å². The van der Waals surface area contributed by atoms with Crippen molar-refractivity contribution in [2.24, 2.45) is 11.5 Å². The summed E-state index contributed by atoms with van der Waals surface area (Å²) in [5.74, 6) is -1.66. The van der Waals surface area contributed by atoms with Crippen LogP contribution in [-0.2, 0) is 42.8 Å². The van der Waals surface area contributed by atoms with Crippen LogP contribution >= 0.6 is 0 Å². The highest BCUT2D eigenvalue weighted by molar-refractivity contribution is 5.92. The molecule has 1 amide bonds. The number of amides is 1. The number of rotatable bonds is 8. The van der Waals surface area contributed by atoms with Gasteiger partial charge in [-0.2, -0.15) is 13.2 Å². The van der Waals surface area contributed by atoms with E-state index in [4.69, 9.17) is 16.2 Å². The van der Waals surface area contributed by atoms with Crippen molar-refractivity contribution in [1.82, 2.24) is 14.0 Å². The number of halogens is 4. The van der Waals surface area contributed by atoms with Crippen LogP contribution in [0, 0.1) is 5.82 Å². The summed E-state index contributed by atoms with van der Waals surface area (Å²) in [5.41, 5.74) is 9.51. The molecule has 1 fully saturated rings. The molecule has 0 bridgehead atoms. The number of benzene rings is 3. The number of carbonyl (C=O) groups is 1. The van der Waals surface area contributed by atoms with E-state index in [1.54, 1.807) is 48.5 Å². The third kappa shape index (κ3) is 6.25. The molecule has 47 heavy (non-hydrogen) atoms. The van der Waals surface area contributed by atoms with Crippen LogP contribution in [0.3, 0.4) is 0 Å². The van der Waals surface area contributed by atoms with Gasteiger partial charge in [-0.05, 0) is 48.2 Å². The van der Waals surface area contributed by atoms with E-state index in [0.29, 0.717) is 43.6 Å². The van der Waals surface area contributed by atoms with Crippen LogP contribution in [0.25, 0.3) is 0 Å². The number of fused-ring (bicyclic) bond motifs is 2. The first-order valence-corrected chi connectivity index (χ1v) is 15.1.